The first-order valence-corrected chi connectivity index (χ1v) is 5.54. The molecule has 1 atom stereocenters. The second kappa shape index (κ2) is 4.90. The van der Waals surface area contributed by atoms with Gasteiger partial charge in [0.2, 0.25) is 0 Å². The molecule has 17 heavy (non-hydrogen) atoms. The fraction of sp³-hybridized carbons (Fsp3) is 0.455. The zero-order chi connectivity index (χ0) is 12.3. The minimum Gasteiger partial charge on any atom is -0.356 e. The number of carbonyl (C=O) groups is 1. The molecule has 1 saturated heterocycles. The maximum atomic E-state index is 11.0. The van der Waals surface area contributed by atoms with Crippen molar-refractivity contribution in [1.29, 1.82) is 0 Å². The SMILES string of the molecule is O=CC1CCCCN1c1ccncc1[N+](=O)[O-]. The fourth-order valence-corrected chi connectivity index (χ4v) is 2.16. The minimum atomic E-state index is -0.460. The van der Waals surface area contributed by atoms with Crippen LogP contribution in [0.1, 0.15) is 19.3 Å². The van der Waals surface area contributed by atoms with E-state index in [1.54, 1.807) is 11.0 Å². The van der Waals surface area contributed by atoms with Crippen molar-refractivity contribution in [2.75, 3.05) is 11.4 Å². The lowest BCUT2D eigenvalue weighted by atomic mass is 10.0. The molecule has 0 N–H and O–H groups in total. The standard InChI is InChI=1S/C11H13N3O3/c15-8-9-3-1-2-6-13(9)10-4-5-12-7-11(10)14(16)17/h4-5,7-9H,1-3,6H2. The molecule has 1 aliphatic rings. The van der Waals surface area contributed by atoms with E-state index in [2.05, 4.69) is 4.98 Å². The van der Waals surface area contributed by atoms with Crippen molar-refractivity contribution in [2.45, 2.75) is 25.3 Å². The second-order valence-corrected chi connectivity index (χ2v) is 4.01. The van der Waals surface area contributed by atoms with Crippen LogP contribution in [0.15, 0.2) is 18.5 Å². The van der Waals surface area contributed by atoms with E-state index in [0.717, 1.165) is 25.5 Å². The third kappa shape index (κ3) is 2.25. The van der Waals surface area contributed by atoms with E-state index in [4.69, 9.17) is 0 Å². The van der Waals surface area contributed by atoms with Crippen molar-refractivity contribution in [1.82, 2.24) is 4.98 Å². The molecular formula is C11H13N3O3. The van der Waals surface area contributed by atoms with E-state index in [1.807, 2.05) is 0 Å². The molecule has 1 unspecified atom stereocenters. The summed E-state index contributed by atoms with van der Waals surface area (Å²) in [5, 5.41) is 10.9. The Hall–Kier alpha value is -1.98. The summed E-state index contributed by atoms with van der Waals surface area (Å²) in [6, 6.07) is 1.34. The van der Waals surface area contributed by atoms with Crippen LogP contribution in [0.4, 0.5) is 11.4 Å². The highest BCUT2D eigenvalue weighted by atomic mass is 16.6. The van der Waals surface area contributed by atoms with Gasteiger partial charge in [0.1, 0.15) is 18.2 Å². The largest absolute Gasteiger partial charge is 0.356 e. The predicted molar refractivity (Wildman–Crippen MR) is 61.9 cm³/mol. The summed E-state index contributed by atoms with van der Waals surface area (Å²) in [7, 11) is 0. The van der Waals surface area contributed by atoms with Gasteiger partial charge in [-0.15, -0.1) is 0 Å². The van der Waals surface area contributed by atoms with Crippen LogP contribution in [-0.4, -0.2) is 28.8 Å². The predicted octanol–water partition coefficient (Wildman–Crippen LogP) is 1.55. The number of anilines is 1. The molecule has 6 nitrogen and oxygen atoms in total. The first kappa shape index (κ1) is 11.5. The van der Waals surface area contributed by atoms with Gasteiger partial charge in [-0.25, -0.2) is 0 Å². The number of rotatable bonds is 3. The van der Waals surface area contributed by atoms with Gasteiger partial charge in [-0.1, -0.05) is 0 Å². The van der Waals surface area contributed by atoms with E-state index in [9.17, 15) is 14.9 Å². The Bertz CT molecular complexity index is 436. The van der Waals surface area contributed by atoms with Gasteiger partial charge >= 0.3 is 5.69 Å². The average Bonchev–Trinajstić information content (AvgIpc) is 2.38. The molecule has 0 aromatic carbocycles. The van der Waals surface area contributed by atoms with Crippen molar-refractivity contribution in [3.8, 4) is 0 Å². The van der Waals surface area contributed by atoms with Crippen LogP contribution < -0.4 is 4.90 Å². The quantitative estimate of drug-likeness (QED) is 0.451. The maximum absolute atomic E-state index is 11.0. The lowest BCUT2D eigenvalue weighted by molar-refractivity contribution is -0.384. The lowest BCUT2D eigenvalue weighted by Crippen LogP contribution is -2.40. The summed E-state index contributed by atoms with van der Waals surface area (Å²) in [4.78, 5) is 27.0. The van der Waals surface area contributed by atoms with E-state index in [1.165, 1.54) is 12.4 Å². The highest BCUT2D eigenvalue weighted by Crippen LogP contribution is 2.31. The number of carbonyl (C=O) groups excluding carboxylic acids is 1. The number of aromatic nitrogens is 1. The Morgan fingerprint density at radius 3 is 3.06 bits per heavy atom. The molecular weight excluding hydrogens is 222 g/mol. The van der Waals surface area contributed by atoms with Crippen LogP contribution in [0.5, 0.6) is 0 Å². The van der Waals surface area contributed by atoms with Crippen molar-refractivity contribution in [3.63, 3.8) is 0 Å². The van der Waals surface area contributed by atoms with E-state index in [0.29, 0.717) is 12.2 Å². The van der Waals surface area contributed by atoms with Crippen LogP contribution in [-0.2, 0) is 4.79 Å². The van der Waals surface area contributed by atoms with Crippen LogP contribution in [0.25, 0.3) is 0 Å². The summed E-state index contributed by atoms with van der Waals surface area (Å²) in [5.41, 5.74) is 0.447. The van der Waals surface area contributed by atoms with Gasteiger partial charge in [0, 0.05) is 12.7 Å². The molecule has 1 fully saturated rings. The topological polar surface area (TPSA) is 76.3 Å². The van der Waals surface area contributed by atoms with Crippen LogP contribution in [0.3, 0.4) is 0 Å². The summed E-state index contributed by atoms with van der Waals surface area (Å²) >= 11 is 0. The van der Waals surface area contributed by atoms with Crippen LogP contribution in [0, 0.1) is 10.1 Å². The third-order valence-electron chi connectivity index (χ3n) is 2.99. The minimum absolute atomic E-state index is 0.0405. The number of piperidine rings is 1. The Morgan fingerprint density at radius 2 is 2.35 bits per heavy atom. The molecule has 0 saturated carbocycles. The van der Waals surface area contributed by atoms with Crippen molar-refractivity contribution < 1.29 is 9.72 Å². The summed E-state index contributed by atoms with van der Waals surface area (Å²) in [5.74, 6) is 0. The van der Waals surface area contributed by atoms with Crippen molar-refractivity contribution in [2.24, 2.45) is 0 Å². The molecule has 6 heteroatoms. The fourth-order valence-electron chi connectivity index (χ4n) is 2.16. The van der Waals surface area contributed by atoms with Gasteiger partial charge in [0.05, 0.1) is 11.0 Å². The molecule has 2 heterocycles. The molecule has 0 aliphatic carbocycles. The Morgan fingerprint density at radius 1 is 1.53 bits per heavy atom. The molecule has 0 bridgehead atoms. The van der Waals surface area contributed by atoms with Crippen LogP contribution in [0.2, 0.25) is 0 Å². The van der Waals surface area contributed by atoms with E-state index >= 15 is 0 Å². The molecule has 0 spiro atoms. The Labute approximate surface area is 98.4 Å². The summed E-state index contributed by atoms with van der Waals surface area (Å²) in [6.45, 7) is 0.675. The lowest BCUT2D eigenvalue weighted by Gasteiger charge is -2.33. The smallest absolute Gasteiger partial charge is 0.310 e. The van der Waals surface area contributed by atoms with E-state index in [-0.39, 0.29) is 11.7 Å². The molecule has 0 radical (unpaired) electrons. The Kier molecular flexibility index (Phi) is 3.32. The van der Waals surface area contributed by atoms with Gasteiger partial charge in [-0.3, -0.25) is 15.1 Å². The monoisotopic (exact) mass is 235 g/mol. The van der Waals surface area contributed by atoms with Gasteiger partial charge in [0.15, 0.2) is 0 Å². The number of hydrogen-bond donors (Lipinski definition) is 0. The van der Waals surface area contributed by atoms with Crippen molar-refractivity contribution >= 4 is 17.7 Å². The molecule has 2 rings (SSSR count). The van der Waals surface area contributed by atoms with Gasteiger partial charge < -0.3 is 9.69 Å². The number of aldehydes is 1. The van der Waals surface area contributed by atoms with Gasteiger partial charge in [-0.05, 0) is 25.3 Å². The number of nitro groups is 1. The Balaban J connectivity index is 2.37. The summed E-state index contributed by atoms with van der Waals surface area (Å²) in [6.07, 6.45) is 6.29. The molecule has 1 aliphatic heterocycles. The average molecular weight is 235 g/mol. The first-order chi connectivity index (χ1) is 8.24. The zero-order valence-electron chi connectivity index (χ0n) is 9.28. The number of nitrogens with zero attached hydrogens (tertiary/aromatic N) is 3. The van der Waals surface area contributed by atoms with Gasteiger partial charge in [-0.2, -0.15) is 0 Å². The van der Waals surface area contributed by atoms with Gasteiger partial charge in [0.25, 0.3) is 0 Å². The zero-order valence-corrected chi connectivity index (χ0v) is 9.28. The second-order valence-electron chi connectivity index (χ2n) is 4.01. The third-order valence-corrected chi connectivity index (χ3v) is 2.99. The molecule has 1 aromatic heterocycles. The van der Waals surface area contributed by atoms with Crippen LogP contribution >= 0.6 is 0 Å². The van der Waals surface area contributed by atoms with E-state index < -0.39 is 4.92 Å². The highest BCUT2D eigenvalue weighted by Gasteiger charge is 2.27. The van der Waals surface area contributed by atoms with Crippen molar-refractivity contribution in [3.05, 3.63) is 28.6 Å². The number of pyridine rings is 1. The highest BCUT2D eigenvalue weighted by molar-refractivity contribution is 5.71. The maximum Gasteiger partial charge on any atom is 0.310 e. The normalized spacial score (nSPS) is 20.0. The molecule has 0 amide bonds. The number of hydrogen-bond acceptors (Lipinski definition) is 5. The molecule has 90 valence electrons. The molecule has 1 aromatic rings. The first-order valence-electron chi connectivity index (χ1n) is 5.54. The summed E-state index contributed by atoms with van der Waals surface area (Å²) < 4.78 is 0.